The lowest BCUT2D eigenvalue weighted by Crippen LogP contribution is -2.57. The van der Waals surface area contributed by atoms with Crippen LogP contribution in [0.5, 0.6) is 0 Å². The first-order valence-electron chi connectivity index (χ1n) is 10.0. The monoisotopic (exact) mass is 455 g/mol. The predicted octanol–water partition coefficient (Wildman–Crippen LogP) is 4.44. The number of anilines is 1. The molecule has 1 aromatic carbocycles. The molecule has 1 amide bonds. The van der Waals surface area contributed by atoms with E-state index in [0.29, 0.717) is 30.4 Å². The third kappa shape index (κ3) is 4.04. The van der Waals surface area contributed by atoms with E-state index in [4.69, 9.17) is 16.3 Å². The Bertz CT molecular complexity index is 1250. The molecule has 0 saturated carbocycles. The summed E-state index contributed by atoms with van der Waals surface area (Å²) >= 11 is 7.98. The molecule has 3 aromatic heterocycles. The highest BCUT2D eigenvalue weighted by Gasteiger charge is 2.38. The summed E-state index contributed by atoms with van der Waals surface area (Å²) in [5, 5.41) is 8.52. The minimum Gasteiger partial charge on any atom is -0.372 e. The second-order valence-electron chi connectivity index (χ2n) is 8.33. The number of aromatic nitrogens is 3. The molecule has 1 aliphatic rings. The zero-order valence-corrected chi connectivity index (χ0v) is 18.8. The Kier molecular flexibility index (Phi) is 5.18. The second kappa shape index (κ2) is 7.87. The Morgan fingerprint density at radius 3 is 3.06 bits per heavy atom. The SMILES string of the molecule is CC1(C)CN(Cc2nccs2)C(C(=O)Nc2cc(Cl)cc3c2[nH]c2cnccc23)CO1. The van der Waals surface area contributed by atoms with Gasteiger partial charge in [0.15, 0.2) is 0 Å². The Morgan fingerprint density at radius 2 is 2.26 bits per heavy atom. The smallest absolute Gasteiger partial charge is 0.244 e. The number of thiazole rings is 1. The van der Waals surface area contributed by atoms with Gasteiger partial charge in [-0.1, -0.05) is 11.6 Å². The molecule has 7 nitrogen and oxygen atoms in total. The van der Waals surface area contributed by atoms with Gasteiger partial charge in [0.1, 0.15) is 11.0 Å². The van der Waals surface area contributed by atoms with E-state index in [1.807, 2.05) is 31.4 Å². The van der Waals surface area contributed by atoms with Crippen molar-refractivity contribution in [3.05, 3.63) is 52.2 Å². The molecule has 1 atom stereocenters. The van der Waals surface area contributed by atoms with Gasteiger partial charge >= 0.3 is 0 Å². The van der Waals surface area contributed by atoms with Crippen LogP contribution in [0.4, 0.5) is 5.69 Å². The molecular formula is C22H22ClN5O2S. The van der Waals surface area contributed by atoms with Gasteiger partial charge in [-0.05, 0) is 32.0 Å². The zero-order valence-electron chi connectivity index (χ0n) is 17.2. The first kappa shape index (κ1) is 20.4. The van der Waals surface area contributed by atoms with Crippen LogP contribution in [0, 0.1) is 0 Å². The lowest BCUT2D eigenvalue weighted by atomic mass is 10.0. The molecule has 4 heterocycles. The lowest BCUT2D eigenvalue weighted by molar-refractivity contribution is -0.144. The zero-order chi connectivity index (χ0) is 21.6. The number of hydrogen-bond donors (Lipinski definition) is 2. The third-order valence-electron chi connectivity index (χ3n) is 5.51. The van der Waals surface area contributed by atoms with E-state index in [2.05, 4.69) is 25.2 Å². The van der Waals surface area contributed by atoms with Crippen LogP contribution in [-0.2, 0) is 16.1 Å². The van der Waals surface area contributed by atoms with Gasteiger partial charge in [0.25, 0.3) is 0 Å². The van der Waals surface area contributed by atoms with E-state index in [9.17, 15) is 4.79 Å². The first-order chi connectivity index (χ1) is 14.9. The number of nitrogens with one attached hydrogen (secondary N) is 2. The van der Waals surface area contributed by atoms with Crippen LogP contribution in [0.2, 0.25) is 5.02 Å². The summed E-state index contributed by atoms with van der Waals surface area (Å²) in [5.74, 6) is -0.132. The number of aromatic amines is 1. The minimum absolute atomic E-state index is 0.132. The Balaban J connectivity index is 1.46. The largest absolute Gasteiger partial charge is 0.372 e. The number of hydrogen-bond acceptors (Lipinski definition) is 6. The van der Waals surface area contributed by atoms with Gasteiger partial charge in [-0.2, -0.15) is 0 Å². The van der Waals surface area contributed by atoms with E-state index >= 15 is 0 Å². The highest BCUT2D eigenvalue weighted by Crippen LogP contribution is 2.33. The van der Waals surface area contributed by atoms with Crippen LogP contribution in [-0.4, -0.2) is 50.6 Å². The fourth-order valence-electron chi connectivity index (χ4n) is 4.10. The van der Waals surface area contributed by atoms with Crippen molar-refractivity contribution in [2.75, 3.05) is 18.5 Å². The average molecular weight is 456 g/mol. The van der Waals surface area contributed by atoms with Crippen molar-refractivity contribution in [2.24, 2.45) is 0 Å². The molecule has 0 spiro atoms. The number of carbonyl (C=O) groups is 1. The number of nitrogens with zero attached hydrogens (tertiary/aromatic N) is 3. The van der Waals surface area contributed by atoms with Gasteiger partial charge in [0.05, 0.1) is 41.7 Å². The van der Waals surface area contributed by atoms with Crippen LogP contribution < -0.4 is 5.32 Å². The molecule has 0 aliphatic carbocycles. The number of benzene rings is 1. The Labute approximate surface area is 188 Å². The summed E-state index contributed by atoms with van der Waals surface area (Å²) in [7, 11) is 0. The highest BCUT2D eigenvalue weighted by molar-refractivity contribution is 7.09. The maximum absolute atomic E-state index is 13.4. The Morgan fingerprint density at radius 1 is 1.39 bits per heavy atom. The van der Waals surface area contributed by atoms with E-state index in [1.54, 1.807) is 36.0 Å². The van der Waals surface area contributed by atoms with E-state index in [1.165, 1.54) is 0 Å². The molecule has 0 radical (unpaired) electrons. The number of fused-ring (bicyclic) bond motifs is 3. The number of ether oxygens (including phenoxy) is 1. The van der Waals surface area contributed by atoms with Gasteiger partial charge in [0, 0.05) is 40.1 Å². The normalized spacial score (nSPS) is 19.1. The summed E-state index contributed by atoms with van der Waals surface area (Å²) in [5.41, 5.74) is 2.03. The molecule has 1 fully saturated rings. The average Bonchev–Trinajstić information content (AvgIpc) is 3.35. The molecule has 1 unspecified atom stereocenters. The number of amides is 1. The fraction of sp³-hybridized carbons (Fsp3) is 0.318. The van der Waals surface area contributed by atoms with Gasteiger partial charge in [-0.15, -0.1) is 11.3 Å². The van der Waals surface area contributed by atoms with Gasteiger partial charge < -0.3 is 15.0 Å². The molecule has 4 aromatic rings. The molecule has 1 aliphatic heterocycles. The first-order valence-corrected chi connectivity index (χ1v) is 11.3. The fourth-order valence-corrected chi connectivity index (χ4v) is 4.96. The van der Waals surface area contributed by atoms with Crippen molar-refractivity contribution in [1.29, 1.82) is 0 Å². The Hall–Kier alpha value is -2.52. The van der Waals surface area contributed by atoms with Crippen LogP contribution >= 0.6 is 22.9 Å². The maximum Gasteiger partial charge on any atom is 0.244 e. The summed E-state index contributed by atoms with van der Waals surface area (Å²) in [6, 6.07) is 5.16. The highest BCUT2D eigenvalue weighted by atomic mass is 35.5. The van der Waals surface area contributed by atoms with Gasteiger partial charge in [0.2, 0.25) is 5.91 Å². The van der Waals surface area contributed by atoms with Crippen LogP contribution in [0.3, 0.4) is 0 Å². The second-order valence-corrected chi connectivity index (χ2v) is 9.74. The molecule has 160 valence electrons. The predicted molar refractivity (Wildman–Crippen MR) is 124 cm³/mol. The van der Waals surface area contributed by atoms with Crippen LogP contribution in [0.15, 0.2) is 42.2 Å². The molecule has 2 N–H and O–H groups in total. The van der Waals surface area contributed by atoms with Crippen LogP contribution in [0.1, 0.15) is 18.9 Å². The number of rotatable bonds is 4. The summed E-state index contributed by atoms with van der Waals surface area (Å²) in [6.45, 7) is 5.62. The van der Waals surface area contributed by atoms with Crippen molar-refractivity contribution in [3.8, 4) is 0 Å². The summed E-state index contributed by atoms with van der Waals surface area (Å²) in [4.78, 5) is 27.4. The maximum atomic E-state index is 13.4. The van der Waals surface area contributed by atoms with E-state index in [0.717, 1.165) is 26.8 Å². The molecule has 9 heteroatoms. The number of halogens is 1. The molecule has 0 bridgehead atoms. The molecule has 1 saturated heterocycles. The van der Waals surface area contributed by atoms with E-state index < -0.39 is 6.04 Å². The van der Waals surface area contributed by atoms with Crippen molar-refractivity contribution < 1.29 is 9.53 Å². The molecule has 5 rings (SSSR count). The van der Waals surface area contributed by atoms with Gasteiger partial charge in [-0.25, -0.2) is 4.98 Å². The quantitative estimate of drug-likeness (QED) is 0.475. The summed E-state index contributed by atoms with van der Waals surface area (Å²) < 4.78 is 5.98. The van der Waals surface area contributed by atoms with Crippen molar-refractivity contribution in [2.45, 2.75) is 32.0 Å². The van der Waals surface area contributed by atoms with Crippen LogP contribution in [0.25, 0.3) is 21.8 Å². The third-order valence-corrected chi connectivity index (χ3v) is 6.50. The van der Waals surface area contributed by atoms with Crippen molar-refractivity contribution >= 4 is 56.3 Å². The number of morpholine rings is 1. The number of carbonyl (C=O) groups excluding carboxylic acids is 1. The number of pyridine rings is 1. The van der Waals surface area contributed by atoms with Crippen molar-refractivity contribution in [1.82, 2.24) is 19.9 Å². The van der Waals surface area contributed by atoms with Gasteiger partial charge in [-0.3, -0.25) is 14.7 Å². The topological polar surface area (TPSA) is 83.1 Å². The summed E-state index contributed by atoms with van der Waals surface area (Å²) in [6.07, 6.45) is 5.29. The molecule has 31 heavy (non-hydrogen) atoms. The minimum atomic E-state index is -0.433. The van der Waals surface area contributed by atoms with E-state index in [-0.39, 0.29) is 11.5 Å². The number of H-pyrrole nitrogens is 1. The standard InChI is InChI=1S/C22H22ClN5O2S/c1-22(2)12-28(10-19-25-5-6-31-19)18(11-30-22)21(29)27-16-8-13(23)7-15-14-3-4-24-9-17(14)26-20(15)16/h3-9,18,26H,10-12H2,1-2H3,(H,27,29). The molecular weight excluding hydrogens is 434 g/mol. The lowest BCUT2D eigenvalue weighted by Gasteiger charge is -2.42. The van der Waals surface area contributed by atoms with Crippen molar-refractivity contribution in [3.63, 3.8) is 0 Å².